The third-order valence-corrected chi connectivity index (χ3v) is 5.63. The number of methoxy groups -OCH3 is 1. The standard InChI is InChI=1S/C19H21ClN2O5S/c1-27-19(24)13-17(14-7-9-15(20)10-8-14)22-18(23)11-12-21-28(25,26)16-5-3-2-4-6-16/h2-10,17,21H,11-13H2,1H3,(H,22,23). The Labute approximate surface area is 169 Å². The summed E-state index contributed by atoms with van der Waals surface area (Å²) >= 11 is 5.87. The molecule has 150 valence electrons. The number of benzene rings is 2. The number of carbonyl (C=O) groups is 2. The lowest BCUT2D eigenvalue weighted by atomic mass is 10.0. The Balaban J connectivity index is 1.95. The van der Waals surface area contributed by atoms with Gasteiger partial charge in [-0.2, -0.15) is 0 Å². The number of sulfonamides is 1. The topological polar surface area (TPSA) is 102 Å². The molecule has 0 aliphatic rings. The van der Waals surface area contributed by atoms with Gasteiger partial charge in [0.15, 0.2) is 0 Å². The van der Waals surface area contributed by atoms with E-state index in [1.54, 1.807) is 42.5 Å². The maximum atomic E-state index is 12.3. The van der Waals surface area contributed by atoms with Crippen LogP contribution in [0.25, 0.3) is 0 Å². The zero-order chi connectivity index (χ0) is 20.6. The molecular weight excluding hydrogens is 404 g/mol. The van der Waals surface area contributed by atoms with Crippen LogP contribution in [0, 0.1) is 0 Å². The van der Waals surface area contributed by atoms with Gasteiger partial charge in [0, 0.05) is 18.0 Å². The fraction of sp³-hybridized carbons (Fsp3) is 0.263. The van der Waals surface area contributed by atoms with Gasteiger partial charge in [-0.05, 0) is 29.8 Å². The number of carbonyl (C=O) groups excluding carboxylic acids is 2. The Morgan fingerprint density at radius 1 is 1.07 bits per heavy atom. The van der Waals surface area contributed by atoms with Gasteiger partial charge in [-0.1, -0.05) is 41.9 Å². The van der Waals surface area contributed by atoms with Gasteiger partial charge >= 0.3 is 5.97 Å². The van der Waals surface area contributed by atoms with Crippen molar-refractivity contribution >= 4 is 33.5 Å². The van der Waals surface area contributed by atoms with Crippen molar-refractivity contribution in [2.45, 2.75) is 23.8 Å². The molecular formula is C19H21ClN2O5S. The monoisotopic (exact) mass is 424 g/mol. The van der Waals surface area contributed by atoms with Crippen LogP contribution in [0.5, 0.6) is 0 Å². The minimum absolute atomic E-state index is 0.0559. The Morgan fingerprint density at radius 3 is 2.32 bits per heavy atom. The van der Waals surface area contributed by atoms with Crippen LogP contribution in [-0.2, 0) is 24.3 Å². The largest absolute Gasteiger partial charge is 0.469 e. The fourth-order valence-corrected chi connectivity index (χ4v) is 3.62. The molecule has 2 aromatic carbocycles. The summed E-state index contributed by atoms with van der Waals surface area (Å²) in [5.74, 6) is -0.885. The number of hydrogen-bond acceptors (Lipinski definition) is 5. The van der Waals surface area contributed by atoms with Crippen LogP contribution in [0.3, 0.4) is 0 Å². The molecule has 2 aromatic rings. The summed E-state index contributed by atoms with van der Waals surface area (Å²) in [6.07, 6.45) is -0.142. The molecule has 0 saturated heterocycles. The molecule has 0 aromatic heterocycles. The van der Waals surface area contributed by atoms with Gasteiger partial charge in [-0.3, -0.25) is 9.59 Å². The second-order valence-electron chi connectivity index (χ2n) is 5.91. The van der Waals surface area contributed by atoms with E-state index in [1.807, 2.05) is 0 Å². The first kappa shape index (κ1) is 21.9. The van der Waals surface area contributed by atoms with Crippen LogP contribution in [0.1, 0.15) is 24.4 Å². The molecule has 2 N–H and O–H groups in total. The molecule has 0 fully saturated rings. The number of amides is 1. The lowest BCUT2D eigenvalue weighted by molar-refractivity contribution is -0.141. The van der Waals surface area contributed by atoms with Gasteiger partial charge in [0.25, 0.3) is 0 Å². The van der Waals surface area contributed by atoms with Crippen molar-refractivity contribution < 1.29 is 22.7 Å². The molecule has 1 atom stereocenters. The van der Waals surface area contributed by atoms with Crippen molar-refractivity contribution in [3.63, 3.8) is 0 Å². The second kappa shape index (κ2) is 10.2. The highest BCUT2D eigenvalue weighted by Gasteiger charge is 2.20. The number of hydrogen-bond donors (Lipinski definition) is 2. The third kappa shape index (κ3) is 6.63. The van der Waals surface area contributed by atoms with E-state index >= 15 is 0 Å². The van der Waals surface area contributed by atoms with E-state index in [-0.39, 0.29) is 24.3 Å². The summed E-state index contributed by atoms with van der Waals surface area (Å²) in [5, 5.41) is 3.26. The van der Waals surface area contributed by atoms with Gasteiger partial charge in [0.05, 0.1) is 24.5 Å². The Bertz CT molecular complexity index is 902. The maximum Gasteiger partial charge on any atom is 0.307 e. The van der Waals surface area contributed by atoms with E-state index in [1.165, 1.54) is 19.2 Å². The zero-order valence-electron chi connectivity index (χ0n) is 15.2. The van der Waals surface area contributed by atoms with E-state index in [0.717, 1.165) is 0 Å². The van der Waals surface area contributed by atoms with Crippen molar-refractivity contribution in [3.05, 3.63) is 65.2 Å². The summed E-state index contributed by atoms with van der Waals surface area (Å²) in [6, 6.07) is 14.0. The van der Waals surface area contributed by atoms with E-state index < -0.39 is 27.9 Å². The minimum atomic E-state index is -3.68. The highest BCUT2D eigenvalue weighted by molar-refractivity contribution is 7.89. The summed E-state index contributed by atoms with van der Waals surface area (Å²) in [6.45, 7) is -0.0748. The number of rotatable bonds is 9. The normalized spacial score (nSPS) is 12.2. The van der Waals surface area contributed by atoms with Gasteiger partial charge < -0.3 is 10.1 Å². The Kier molecular flexibility index (Phi) is 7.98. The van der Waals surface area contributed by atoms with Gasteiger partial charge in [0.2, 0.25) is 15.9 Å². The number of halogens is 1. The molecule has 0 spiro atoms. The first-order chi connectivity index (χ1) is 13.3. The molecule has 0 heterocycles. The summed E-state index contributed by atoms with van der Waals surface area (Å²) in [4.78, 5) is 24.0. The molecule has 1 amide bonds. The third-order valence-electron chi connectivity index (χ3n) is 3.90. The summed E-state index contributed by atoms with van der Waals surface area (Å²) in [5.41, 5.74) is 0.688. The average molecular weight is 425 g/mol. The molecule has 28 heavy (non-hydrogen) atoms. The first-order valence-corrected chi connectivity index (χ1v) is 10.3. The van der Waals surface area contributed by atoms with Crippen molar-refractivity contribution in [1.29, 1.82) is 0 Å². The number of esters is 1. The lowest BCUT2D eigenvalue weighted by Gasteiger charge is -2.18. The average Bonchev–Trinajstić information content (AvgIpc) is 2.68. The van der Waals surface area contributed by atoms with Crippen LogP contribution >= 0.6 is 11.6 Å². The van der Waals surface area contributed by atoms with E-state index in [4.69, 9.17) is 11.6 Å². The highest BCUT2D eigenvalue weighted by atomic mass is 35.5. The van der Waals surface area contributed by atoms with Gasteiger partial charge in [-0.25, -0.2) is 13.1 Å². The van der Waals surface area contributed by atoms with Crippen molar-refractivity contribution in [2.24, 2.45) is 0 Å². The quantitative estimate of drug-likeness (QED) is 0.602. The summed E-state index contributed by atoms with van der Waals surface area (Å²) < 4.78 is 31.4. The van der Waals surface area contributed by atoms with Crippen molar-refractivity contribution in [1.82, 2.24) is 10.0 Å². The number of ether oxygens (including phenoxy) is 1. The maximum absolute atomic E-state index is 12.3. The first-order valence-electron chi connectivity index (χ1n) is 8.48. The minimum Gasteiger partial charge on any atom is -0.469 e. The molecule has 0 aliphatic carbocycles. The highest BCUT2D eigenvalue weighted by Crippen LogP contribution is 2.20. The molecule has 9 heteroatoms. The van der Waals surface area contributed by atoms with Crippen LogP contribution in [-0.4, -0.2) is 33.9 Å². The van der Waals surface area contributed by atoms with E-state index in [9.17, 15) is 18.0 Å². The predicted molar refractivity (Wildman–Crippen MR) is 105 cm³/mol. The molecule has 0 saturated carbocycles. The van der Waals surface area contributed by atoms with Crippen LogP contribution in [0.4, 0.5) is 0 Å². The van der Waals surface area contributed by atoms with Gasteiger partial charge in [-0.15, -0.1) is 0 Å². The van der Waals surface area contributed by atoms with E-state index in [2.05, 4.69) is 14.8 Å². The smallest absolute Gasteiger partial charge is 0.307 e. The lowest BCUT2D eigenvalue weighted by Crippen LogP contribution is -2.34. The van der Waals surface area contributed by atoms with Gasteiger partial charge in [0.1, 0.15) is 0 Å². The van der Waals surface area contributed by atoms with Crippen LogP contribution < -0.4 is 10.0 Å². The predicted octanol–water partition coefficient (Wildman–Crippen LogP) is 2.43. The summed E-state index contributed by atoms with van der Waals surface area (Å²) in [7, 11) is -2.42. The van der Waals surface area contributed by atoms with Crippen LogP contribution in [0.15, 0.2) is 59.5 Å². The zero-order valence-corrected chi connectivity index (χ0v) is 16.8. The van der Waals surface area contributed by atoms with Crippen LogP contribution in [0.2, 0.25) is 5.02 Å². The molecule has 0 aliphatic heterocycles. The molecule has 2 rings (SSSR count). The molecule has 0 radical (unpaired) electrons. The fourth-order valence-electron chi connectivity index (χ4n) is 2.45. The number of nitrogens with one attached hydrogen (secondary N) is 2. The SMILES string of the molecule is COC(=O)CC(NC(=O)CCNS(=O)(=O)c1ccccc1)c1ccc(Cl)cc1. The van der Waals surface area contributed by atoms with E-state index in [0.29, 0.717) is 10.6 Å². The molecule has 7 nitrogen and oxygen atoms in total. The molecule has 1 unspecified atom stereocenters. The van der Waals surface area contributed by atoms with Crippen molar-refractivity contribution in [2.75, 3.05) is 13.7 Å². The molecule has 0 bridgehead atoms. The second-order valence-corrected chi connectivity index (χ2v) is 8.12. The van der Waals surface area contributed by atoms with Crippen molar-refractivity contribution in [3.8, 4) is 0 Å². The Hall–Kier alpha value is -2.42. The Morgan fingerprint density at radius 2 is 1.71 bits per heavy atom.